The van der Waals surface area contributed by atoms with Gasteiger partial charge in [0.05, 0.1) is 44.7 Å². The first-order chi connectivity index (χ1) is 22.5. The van der Waals surface area contributed by atoms with Crippen LogP contribution in [-0.4, -0.2) is 148 Å². The van der Waals surface area contributed by atoms with Crippen LogP contribution in [0.1, 0.15) is 12.5 Å². The number of carbonyl (C=O) groups is 1. The molecular formula is C31H40O16. The Hall–Kier alpha value is -2.71. The molecular weight excluding hydrogens is 628 g/mol. The summed E-state index contributed by atoms with van der Waals surface area (Å²) in [5.74, 6) is -1.40. The summed E-state index contributed by atoms with van der Waals surface area (Å²) in [6.07, 6.45) is -11.4. The molecule has 0 radical (unpaired) electrons. The largest absolute Gasteiger partial charge is 0.497 e. The van der Waals surface area contributed by atoms with Gasteiger partial charge >= 0.3 is 5.97 Å². The number of fused-ring (bicyclic) bond motifs is 3. The lowest BCUT2D eigenvalue weighted by atomic mass is 9.85. The zero-order valence-electron chi connectivity index (χ0n) is 25.5. The van der Waals surface area contributed by atoms with Crippen molar-refractivity contribution in [3.8, 4) is 5.75 Å². The highest BCUT2D eigenvalue weighted by Gasteiger charge is 2.77. The van der Waals surface area contributed by atoms with Crippen molar-refractivity contribution < 1.29 is 78.4 Å². The lowest BCUT2D eigenvalue weighted by molar-refractivity contribution is -0.347. The molecule has 7 N–H and O–H groups in total. The van der Waals surface area contributed by atoms with E-state index >= 15 is 0 Å². The molecule has 1 aromatic carbocycles. The highest BCUT2D eigenvalue weighted by Crippen LogP contribution is 2.61. The summed E-state index contributed by atoms with van der Waals surface area (Å²) in [5.41, 5.74) is -0.499. The van der Waals surface area contributed by atoms with Gasteiger partial charge in [0.25, 0.3) is 0 Å². The lowest BCUT2D eigenvalue weighted by Crippen LogP contribution is -2.60. The van der Waals surface area contributed by atoms with Gasteiger partial charge in [-0.05, 0) is 36.8 Å². The molecule has 47 heavy (non-hydrogen) atoms. The standard InChI is InChI=1S/C31H40O16/c1-13-25(44-18(34)8-5-14-3-6-15(40-2)7-4-14)22(37)24(39)29(42-13)45-26-16-9-10-41-28(19(16)31(12-33)27(26)47-31)46-30-23(38)21(36)20(35)17(11-32)43-30/h3-10,13,16-17,19-30,32-33,35-39H,11-12H2,1-2H3/b8-5+/t13-,16-,17+,19+,20-,21-,22-,23+,24+,25-,26-,27-,28-,29-,30-,31+/m0/s1. The number of ether oxygens (including phenoxy) is 8. The third kappa shape index (κ3) is 6.29. The van der Waals surface area contributed by atoms with Crippen molar-refractivity contribution in [2.24, 2.45) is 11.8 Å². The third-order valence-corrected chi connectivity index (χ3v) is 9.45. The van der Waals surface area contributed by atoms with E-state index in [2.05, 4.69) is 0 Å². The van der Waals surface area contributed by atoms with Gasteiger partial charge in [0.1, 0.15) is 54.1 Å². The van der Waals surface area contributed by atoms with E-state index in [9.17, 15) is 40.5 Å². The number of aliphatic hydroxyl groups is 7. The predicted octanol–water partition coefficient (Wildman–Crippen LogP) is -2.47. The second kappa shape index (κ2) is 13.7. The SMILES string of the molecule is COc1ccc(/C=C/C(=O)O[C@@H]2[C@@H](O)[C@@H](O)[C@H](O[C@H]3[C@H]4C=CO[C@@H](O[C@@H]5O[C@H](CO)[C@H](O)[C@H](O)[C@H]5O)[C@@H]4[C@@]4(CO)O[C@@H]34)O[C@H]2C)cc1. The van der Waals surface area contributed by atoms with Gasteiger partial charge in [-0.1, -0.05) is 12.1 Å². The highest BCUT2D eigenvalue weighted by atomic mass is 16.8. The minimum Gasteiger partial charge on any atom is -0.497 e. The first-order valence-corrected chi connectivity index (χ1v) is 15.3. The number of hydrogen-bond acceptors (Lipinski definition) is 16. The van der Waals surface area contributed by atoms with Crippen LogP contribution in [0.3, 0.4) is 0 Å². The van der Waals surface area contributed by atoms with E-state index in [1.54, 1.807) is 44.4 Å². The topological polar surface area (TPSA) is 236 Å². The number of rotatable bonds is 10. The van der Waals surface area contributed by atoms with Crippen LogP contribution in [0.15, 0.2) is 42.7 Å². The maximum atomic E-state index is 12.6. The summed E-state index contributed by atoms with van der Waals surface area (Å²) >= 11 is 0. The van der Waals surface area contributed by atoms with Crippen LogP contribution < -0.4 is 4.74 Å². The van der Waals surface area contributed by atoms with E-state index in [4.69, 9.17) is 37.9 Å². The van der Waals surface area contributed by atoms with Crippen molar-refractivity contribution in [2.75, 3.05) is 20.3 Å². The molecule has 0 bridgehead atoms. The third-order valence-electron chi connectivity index (χ3n) is 9.45. The van der Waals surface area contributed by atoms with Crippen LogP contribution in [0, 0.1) is 11.8 Å². The Kier molecular flexibility index (Phi) is 9.93. The molecule has 0 amide bonds. The molecule has 260 valence electrons. The first-order valence-electron chi connectivity index (χ1n) is 15.3. The molecule has 1 aromatic rings. The molecule has 4 heterocycles. The molecule has 3 saturated heterocycles. The molecule has 4 fully saturated rings. The molecule has 16 nitrogen and oxygen atoms in total. The molecule has 5 aliphatic rings. The van der Waals surface area contributed by atoms with E-state index in [0.29, 0.717) is 11.3 Å². The summed E-state index contributed by atoms with van der Waals surface area (Å²) in [5, 5.41) is 72.6. The van der Waals surface area contributed by atoms with Crippen LogP contribution in [0.25, 0.3) is 6.08 Å². The Morgan fingerprint density at radius 1 is 0.894 bits per heavy atom. The van der Waals surface area contributed by atoms with Crippen molar-refractivity contribution in [1.82, 2.24) is 0 Å². The summed E-state index contributed by atoms with van der Waals surface area (Å²) in [7, 11) is 1.54. The van der Waals surface area contributed by atoms with Crippen molar-refractivity contribution >= 4 is 12.0 Å². The van der Waals surface area contributed by atoms with Gasteiger partial charge in [0, 0.05) is 12.0 Å². The molecule has 0 unspecified atom stereocenters. The van der Waals surface area contributed by atoms with Gasteiger partial charge in [0.15, 0.2) is 18.7 Å². The molecule has 16 heteroatoms. The van der Waals surface area contributed by atoms with Gasteiger partial charge in [0.2, 0.25) is 6.29 Å². The van der Waals surface area contributed by atoms with Gasteiger partial charge in [-0.25, -0.2) is 4.79 Å². The summed E-state index contributed by atoms with van der Waals surface area (Å²) in [6.45, 7) is 0.427. The number of methoxy groups -OCH3 is 1. The van der Waals surface area contributed by atoms with E-state index in [-0.39, 0.29) is 0 Å². The van der Waals surface area contributed by atoms with Crippen molar-refractivity contribution in [3.63, 3.8) is 0 Å². The van der Waals surface area contributed by atoms with E-state index in [1.165, 1.54) is 18.4 Å². The van der Waals surface area contributed by atoms with Crippen LogP contribution in [0.2, 0.25) is 0 Å². The average Bonchev–Trinajstić information content (AvgIpc) is 3.75. The number of hydrogen-bond donors (Lipinski definition) is 7. The second-order valence-electron chi connectivity index (χ2n) is 12.2. The molecule has 1 saturated carbocycles. The van der Waals surface area contributed by atoms with Crippen molar-refractivity contribution in [2.45, 2.75) is 92.4 Å². The maximum Gasteiger partial charge on any atom is 0.331 e. The quantitative estimate of drug-likeness (QED) is 0.0777. The molecule has 6 rings (SSSR count). The number of epoxide rings is 1. The maximum absolute atomic E-state index is 12.6. The molecule has 16 atom stereocenters. The molecule has 1 aliphatic carbocycles. The Balaban J connectivity index is 1.10. The van der Waals surface area contributed by atoms with E-state index in [0.717, 1.165) is 0 Å². The Morgan fingerprint density at radius 3 is 2.28 bits per heavy atom. The van der Waals surface area contributed by atoms with E-state index < -0.39 is 117 Å². The summed E-state index contributed by atoms with van der Waals surface area (Å²) in [4.78, 5) is 12.6. The van der Waals surface area contributed by atoms with Gasteiger partial charge in [-0.15, -0.1) is 0 Å². The molecule has 4 aliphatic heterocycles. The summed E-state index contributed by atoms with van der Waals surface area (Å²) in [6, 6.07) is 6.95. The van der Waals surface area contributed by atoms with Crippen molar-refractivity contribution in [3.05, 3.63) is 48.2 Å². The average molecular weight is 669 g/mol. The lowest BCUT2D eigenvalue weighted by Gasteiger charge is -2.44. The highest BCUT2D eigenvalue weighted by molar-refractivity contribution is 5.87. The monoisotopic (exact) mass is 668 g/mol. The van der Waals surface area contributed by atoms with Gasteiger partial charge in [-0.2, -0.15) is 0 Å². The van der Waals surface area contributed by atoms with E-state index in [1.807, 2.05) is 0 Å². The fraction of sp³-hybridized carbons (Fsp3) is 0.645. The van der Waals surface area contributed by atoms with Crippen LogP contribution >= 0.6 is 0 Å². The Morgan fingerprint density at radius 2 is 1.60 bits per heavy atom. The first kappa shape index (κ1) is 34.2. The zero-order chi connectivity index (χ0) is 33.6. The number of benzene rings is 1. The van der Waals surface area contributed by atoms with Crippen LogP contribution in [0.5, 0.6) is 5.75 Å². The van der Waals surface area contributed by atoms with Gasteiger partial charge < -0.3 is 73.6 Å². The van der Waals surface area contributed by atoms with Gasteiger partial charge in [-0.3, -0.25) is 0 Å². The normalized spacial score (nSPS) is 45.6. The second-order valence-corrected chi connectivity index (χ2v) is 12.2. The smallest absolute Gasteiger partial charge is 0.331 e. The molecule has 0 aromatic heterocycles. The van der Waals surface area contributed by atoms with Crippen LogP contribution in [-0.2, 0) is 38.0 Å². The molecule has 0 spiro atoms. The number of aliphatic hydroxyl groups excluding tert-OH is 7. The fourth-order valence-electron chi connectivity index (χ4n) is 6.80. The summed E-state index contributed by atoms with van der Waals surface area (Å²) < 4.78 is 45.5. The van der Waals surface area contributed by atoms with Crippen molar-refractivity contribution in [1.29, 1.82) is 0 Å². The predicted molar refractivity (Wildman–Crippen MR) is 154 cm³/mol. The fourth-order valence-corrected chi connectivity index (χ4v) is 6.80. The minimum absolute atomic E-state index is 0.473. The van der Waals surface area contributed by atoms with Crippen LogP contribution in [0.4, 0.5) is 0 Å². The number of carbonyl (C=O) groups excluding carboxylic acids is 1. The Labute approximate surface area is 269 Å². The minimum atomic E-state index is -1.69. The number of esters is 1. The Bertz CT molecular complexity index is 1300. The zero-order valence-corrected chi connectivity index (χ0v) is 25.5.